The Hall–Kier alpha value is -1.55. The van der Waals surface area contributed by atoms with Gasteiger partial charge in [-0.1, -0.05) is 17.7 Å². The van der Waals surface area contributed by atoms with Gasteiger partial charge in [0.25, 0.3) is 5.91 Å². The molecule has 1 aliphatic rings. The maximum atomic E-state index is 11.8. The lowest BCUT2D eigenvalue weighted by Crippen LogP contribution is -2.56. The topological polar surface area (TPSA) is 49.8 Å². The van der Waals surface area contributed by atoms with Crippen LogP contribution in [0.2, 0.25) is 0 Å². The van der Waals surface area contributed by atoms with Gasteiger partial charge in [0.15, 0.2) is 6.10 Å². The van der Waals surface area contributed by atoms with Crippen LogP contribution in [0.1, 0.15) is 12.5 Å². The number of likely N-dealkylation sites (tertiary alicyclic amines) is 1. The molecule has 0 saturated carbocycles. The molecule has 1 amide bonds. The Morgan fingerprint density at radius 1 is 1.41 bits per heavy atom. The van der Waals surface area contributed by atoms with E-state index in [-0.39, 0.29) is 12.0 Å². The molecule has 1 aromatic rings. The number of amides is 1. The fraction of sp³-hybridized carbons (Fsp3) is 0.462. The van der Waals surface area contributed by atoms with Crippen LogP contribution in [0.15, 0.2) is 24.3 Å². The van der Waals surface area contributed by atoms with E-state index in [2.05, 4.69) is 0 Å². The predicted octanol–water partition coefficient (Wildman–Crippen LogP) is 0.965. The van der Waals surface area contributed by atoms with Gasteiger partial charge in [0.1, 0.15) is 5.75 Å². The van der Waals surface area contributed by atoms with Gasteiger partial charge in [0.05, 0.1) is 6.10 Å². The molecule has 1 heterocycles. The van der Waals surface area contributed by atoms with Gasteiger partial charge >= 0.3 is 0 Å². The lowest BCUT2D eigenvalue weighted by atomic mass is 10.1. The first kappa shape index (κ1) is 11.9. The van der Waals surface area contributed by atoms with Crippen molar-refractivity contribution in [2.75, 3.05) is 13.1 Å². The summed E-state index contributed by atoms with van der Waals surface area (Å²) in [6.45, 7) is 4.56. The molecule has 1 atom stereocenters. The van der Waals surface area contributed by atoms with Gasteiger partial charge in [-0.3, -0.25) is 4.79 Å². The molecule has 0 aliphatic carbocycles. The first-order valence-electron chi connectivity index (χ1n) is 5.76. The highest BCUT2D eigenvalue weighted by molar-refractivity contribution is 5.81. The van der Waals surface area contributed by atoms with Crippen molar-refractivity contribution in [3.8, 4) is 5.75 Å². The molecule has 0 spiro atoms. The number of hydrogen-bond donors (Lipinski definition) is 1. The zero-order valence-electron chi connectivity index (χ0n) is 10.1. The maximum Gasteiger partial charge on any atom is 0.263 e. The predicted molar refractivity (Wildman–Crippen MR) is 63.9 cm³/mol. The molecule has 1 aliphatic heterocycles. The molecular formula is C13H17NO3. The van der Waals surface area contributed by atoms with Gasteiger partial charge in [-0.15, -0.1) is 0 Å². The summed E-state index contributed by atoms with van der Waals surface area (Å²) in [4.78, 5) is 13.4. The molecule has 1 fully saturated rings. The quantitative estimate of drug-likeness (QED) is 0.849. The highest BCUT2D eigenvalue weighted by atomic mass is 16.5. The Labute approximate surface area is 101 Å². The van der Waals surface area contributed by atoms with Crippen LogP contribution in [-0.2, 0) is 4.79 Å². The summed E-state index contributed by atoms with van der Waals surface area (Å²) in [6, 6.07) is 7.59. The zero-order valence-corrected chi connectivity index (χ0v) is 10.1. The average molecular weight is 235 g/mol. The number of aryl methyl sites for hydroxylation is 1. The van der Waals surface area contributed by atoms with E-state index in [4.69, 9.17) is 9.84 Å². The zero-order chi connectivity index (χ0) is 12.4. The van der Waals surface area contributed by atoms with Gasteiger partial charge in [0, 0.05) is 13.1 Å². The van der Waals surface area contributed by atoms with E-state index in [1.54, 1.807) is 11.8 Å². The summed E-state index contributed by atoms with van der Waals surface area (Å²) in [5.74, 6) is 0.619. The fourth-order valence-corrected chi connectivity index (χ4v) is 1.76. The van der Waals surface area contributed by atoms with E-state index < -0.39 is 6.10 Å². The van der Waals surface area contributed by atoms with E-state index in [0.717, 1.165) is 5.56 Å². The molecule has 92 valence electrons. The van der Waals surface area contributed by atoms with E-state index in [9.17, 15) is 4.79 Å². The molecule has 0 radical (unpaired) electrons. The van der Waals surface area contributed by atoms with Crippen molar-refractivity contribution in [1.82, 2.24) is 4.90 Å². The average Bonchev–Trinajstić information content (AvgIpc) is 2.27. The Morgan fingerprint density at radius 3 is 2.53 bits per heavy atom. The van der Waals surface area contributed by atoms with Crippen LogP contribution in [0.5, 0.6) is 5.75 Å². The number of carbonyl (C=O) groups excluding carboxylic acids is 1. The van der Waals surface area contributed by atoms with Crippen molar-refractivity contribution in [1.29, 1.82) is 0 Å². The van der Waals surface area contributed by atoms with Crippen LogP contribution < -0.4 is 4.74 Å². The minimum Gasteiger partial charge on any atom is -0.481 e. The van der Waals surface area contributed by atoms with Crippen molar-refractivity contribution in [2.24, 2.45) is 0 Å². The Kier molecular flexibility index (Phi) is 3.33. The third kappa shape index (κ3) is 2.77. The monoisotopic (exact) mass is 235 g/mol. The molecule has 2 rings (SSSR count). The summed E-state index contributed by atoms with van der Waals surface area (Å²) in [6.07, 6.45) is -0.879. The molecule has 0 bridgehead atoms. The Morgan fingerprint density at radius 2 is 2.00 bits per heavy atom. The van der Waals surface area contributed by atoms with Crippen LogP contribution in [0.3, 0.4) is 0 Å². The molecule has 1 unspecified atom stereocenters. The van der Waals surface area contributed by atoms with Crippen molar-refractivity contribution >= 4 is 5.91 Å². The number of aliphatic hydroxyl groups is 1. The maximum absolute atomic E-state index is 11.8. The highest BCUT2D eigenvalue weighted by Crippen LogP contribution is 2.16. The Balaban J connectivity index is 1.90. The van der Waals surface area contributed by atoms with E-state index in [1.165, 1.54) is 0 Å². The number of rotatable bonds is 3. The third-order valence-corrected chi connectivity index (χ3v) is 2.86. The van der Waals surface area contributed by atoms with Crippen LogP contribution in [0, 0.1) is 6.92 Å². The molecule has 4 heteroatoms. The number of β-amino-alcohol motifs (C(OH)–C–C–N with tert-alkyl or cyclic N) is 1. The molecule has 17 heavy (non-hydrogen) atoms. The molecule has 4 nitrogen and oxygen atoms in total. The Bertz CT molecular complexity index is 396. The number of hydrogen-bond acceptors (Lipinski definition) is 3. The van der Waals surface area contributed by atoms with Crippen LogP contribution in [-0.4, -0.2) is 41.2 Å². The van der Waals surface area contributed by atoms with Gasteiger partial charge in [-0.25, -0.2) is 0 Å². The standard InChI is InChI=1S/C13H17NO3/c1-9-3-5-12(6-4-9)17-10(2)13(16)14-7-11(15)8-14/h3-6,10-11,15H,7-8H2,1-2H3. The minimum absolute atomic E-state index is 0.0733. The lowest BCUT2D eigenvalue weighted by molar-refractivity contribution is -0.148. The molecule has 1 aromatic carbocycles. The van der Waals surface area contributed by atoms with E-state index in [1.807, 2.05) is 31.2 Å². The second-order valence-electron chi connectivity index (χ2n) is 4.47. The smallest absolute Gasteiger partial charge is 0.263 e. The normalized spacial score (nSPS) is 17.5. The molecular weight excluding hydrogens is 218 g/mol. The van der Waals surface area contributed by atoms with Crippen molar-refractivity contribution in [2.45, 2.75) is 26.1 Å². The highest BCUT2D eigenvalue weighted by Gasteiger charge is 2.32. The minimum atomic E-state index is -0.509. The number of benzene rings is 1. The summed E-state index contributed by atoms with van der Waals surface area (Å²) in [5, 5.41) is 9.13. The van der Waals surface area contributed by atoms with Gasteiger partial charge in [-0.05, 0) is 26.0 Å². The molecule has 1 saturated heterocycles. The van der Waals surface area contributed by atoms with Crippen LogP contribution in [0.4, 0.5) is 0 Å². The van der Waals surface area contributed by atoms with Crippen LogP contribution >= 0.6 is 0 Å². The number of aliphatic hydroxyl groups excluding tert-OH is 1. The SMILES string of the molecule is Cc1ccc(OC(C)C(=O)N2CC(O)C2)cc1. The van der Waals surface area contributed by atoms with Crippen molar-refractivity contribution < 1.29 is 14.6 Å². The first-order chi connectivity index (χ1) is 8.06. The summed E-state index contributed by atoms with van der Waals surface area (Å²) < 4.78 is 5.55. The fourth-order valence-electron chi connectivity index (χ4n) is 1.76. The van der Waals surface area contributed by atoms with E-state index >= 15 is 0 Å². The molecule has 1 N–H and O–H groups in total. The summed E-state index contributed by atoms with van der Waals surface area (Å²) >= 11 is 0. The van der Waals surface area contributed by atoms with Gasteiger partial charge in [-0.2, -0.15) is 0 Å². The number of carbonyl (C=O) groups is 1. The summed E-state index contributed by atoms with van der Waals surface area (Å²) in [7, 11) is 0. The van der Waals surface area contributed by atoms with E-state index in [0.29, 0.717) is 18.8 Å². The van der Waals surface area contributed by atoms with Crippen molar-refractivity contribution in [3.63, 3.8) is 0 Å². The largest absolute Gasteiger partial charge is 0.481 e. The summed E-state index contributed by atoms with van der Waals surface area (Å²) in [5.41, 5.74) is 1.15. The number of ether oxygens (including phenoxy) is 1. The third-order valence-electron chi connectivity index (χ3n) is 2.86. The van der Waals surface area contributed by atoms with Gasteiger partial charge < -0.3 is 14.7 Å². The second kappa shape index (κ2) is 4.75. The molecule has 0 aromatic heterocycles. The number of nitrogens with zero attached hydrogens (tertiary/aromatic N) is 1. The van der Waals surface area contributed by atoms with Gasteiger partial charge in [0.2, 0.25) is 0 Å². The second-order valence-corrected chi connectivity index (χ2v) is 4.47. The first-order valence-corrected chi connectivity index (χ1v) is 5.76. The van der Waals surface area contributed by atoms with Crippen LogP contribution in [0.25, 0.3) is 0 Å². The van der Waals surface area contributed by atoms with Crippen molar-refractivity contribution in [3.05, 3.63) is 29.8 Å². The lowest BCUT2D eigenvalue weighted by Gasteiger charge is -2.37.